The number of hydrogen-bond donors (Lipinski definition) is 2. The van der Waals surface area contributed by atoms with E-state index in [0.29, 0.717) is 29.2 Å². The Morgan fingerprint density at radius 1 is 1.03 bits per heavy atom. The van der Waals surface area contributed by atoms with Gasteiger partial charge in [0.1, 0.15) is 23.4 Å². The predicted molar refractivity (Wildman–Crippen MR) is 154 cm³/mol. The summed E-state index contributed by atoms with van der Waals surface area (Å²) in [6.07, 6.45) is 1.66. The smallest absolute Gasteiger partial charge is 0.408 e. The molecule has 0 radical (unpaired) electrons. The van der Waals surface area contributed by atoms with E-state index in [2.05, 4.69) is 10.6 Å². The number of hydrogen-bond acceptors (Lipinski definition) is 6. The first-order valence-electron chi connectivity index (χ1n) is 12.7. The fraction of sp³-hybridized carbons (Fsp3) is 0.483. The molecule has 0 aliphatic heterocycles. The molecule has 38 heavy (non-hydrogen) atoms. The number of anilines is 1. The number of rotatable bonds is 11. The molecule has 3 amide bonds. The topological polar surface area (TPSA) is 97.0 Å². The van der Waals surface area contributed by atoms with Crippen molar-refractivity contribution in [1.29, 1.82) is 0 Å². The molecule has 0 bridgehead atoms. The Morgan fingerprint density at radius 3 is 2.18 bits per heavy atom. The van der Waals surface area contributed by atoms with E-state index >= 15 is 0 Å². The number of nitrogens with one attached hydrogen (secondary N) is 2. The minimum absolute atomic E-state index is 0.342. The summed E-state index contributed by atoms with van der Waals surface area (Å²) in [5.74, 6) is 0.610. The van der Waals surface area contributed by atoms with Gasteiger partial charge in [0.25, 0.3) is 5.91 Å². The predicted octanol–water partition coefficient (Wildman–Crippen LogP) is 5.57. The number of alkyl carbamates (subject to hydrolysis) is 1. The van der Waals surface area contributed by atoms with Crippen molar-refractivity contribution in [3.63, 3.8) is 0 Å². The molecule has 0 fully saturated rings. The van der Waals surface area contributed by atoms with E-state index in [1.54, 1.807) is 68.8 Å². The number of ether oxygens (including phenoxy) is 2. The third-order valence-electron chi connectivity index (χ3n) is 5.78. The van der Waals surface area contributed by atoms with Crippen LogP contribution in [-0.4, -0.2) is 59.6 Å². The van der Waals surface area contributed by atoms with Gasteiger partial charge in [0.05, 0.1) is 7.11 Å². The zero-order chi connectivity index (χ0) is 28.5. The van der Waals surface area contributed by atoms with E-state index in [4.69, 9.17) is 9.47 Å². The third kappa shape index (κ3) is 8.97. The maximum absolute atomic E-state index is 14.1. The Kier molecular flexibility index (Phi) is 11.5. The van der Waals surface area contributed by atoms with Crippen LogP contribution in [0.25, 0.3) is 0 Å². The van der Waals surface area contributed by atoms with Gasteiger partial charge in [-0.3, -0.25) is 9.59 Å². The second kappa shape index (κ2) is 14.1. The van der Waals surface area contributed by atoms with Gasteiger partial charge < -0.3 is 25.0 Å². The number of carbonyl (C=O) groups excluding carboxylic acids is 3. The highest BCUT2D eigenvalue weighted by atomic mass is 32.2. The SMILES string of the molecule is COc1ccc(NC(=O)C(c2ccccc2C)N(C(=O)C(CCSC)NC(=O)OC(C)(C)C)C(C)C)cc1. The lowest BCUT2D eigenvalue weighted by atomic mass is 9.96. The molecule has 0 saturated heterocycles. The average Bonchev–Trinajstić information content (AvgIpc) is 2.84. The second-order valence-electron chi connectivity index (χ2n) is 10.3. The molecule has 0 spiro atoms. The quantitative estimate of drug-likeness (QED) is 0.385. The van der Waals surface area contributed by atoms with Crippen molar-refractivity contribution < 1.29 is 23.9 Å². The zero-order valence-corrected chi connectivity index (χ0v) is 24.5. The standard InChI is InChI=1S/C29H41N3O5S/c1-19(2)32(27(34)24(17-18-38-8)31-28(35)37-29(4,5)6)25(23-12-10-9-11-20(23)3)26(33)30-21-13-15-22(36-7)16-14-21/h9-16,19,24-25H,17-18H2,1-8H3,(H,30,33)(H,31,35). The van der Waals surface area contributed by atoms with Crippen molar-refractivity contribution in [2.24, 2.45) is 0 Å². The van der Waals surface area contributed by atoms with Gasteiger partial charge in [0.15, 0.2) is 0 Å². The van der Waals surface area contributed by atoms with Crippen LogP contribution in [0.15, 0.2) is 48.5 Å². The summed E-state index contributed by atoms with van der Waals surface area (Å²) >= 11 is 1.57. The molecule has 9 heteroatoms. The van der Waals surface area contributed by atoms with Gasteiger partial charge in [-0.1, -0.05) is 24.3 Å². The third-order valence-corrected chi connectivity index (χ3v) is 6.42. The second-order valence-corrected chi connectivity index (χ2v) is 11.3. The fourth-order valence-electron chi connectivity index (χ4n) is 4.00. The first kappa shape index (κ1) is 31.0. The minimum Gasteiger partial charge on any atom is -0.497 e. The molecule has 2 unspecified atom stereocenters. The van der Waals surface area contributed by atoms with Gasteiger partial charge in [-0.15, -0.1) is 0 Å². The molecule has 0 aromatic heterocycles. The molecule has 2 atom stereocenters. The van der Waals surface area contributed by atoms with E-state index in [-0.39, 0.29) is 17.9 Å². The normalized spacial score (nSPS) is 12.9. The Balaban J connectivity index is 2.49. The maximum atomic E-state index is 14.1. The van der Waals surface area contributed by atoms with E-state index in [1.807, 2.05) is 51.3 Å². The van der Waals surface area contributed by atoms with Crippen molar-refractivity contribution in [3.05, 3.63) is 59.7 Å². The lowest BCUT2D eigenvalue weighted by Gasteiger charge is -2.37. The van der Waals surface area contributed by atoms with Gasteiger partial charge >= 0.3 is 6.09 Å². The van der Waals surface area contributed by atoms with Gasteiger partial charge in [-0.25, -0.2) is 4.79 Å². The Labute approximate surface area is 230 Å². The van der Waals surface area contributed by atoms with Crippen LogP contribution >= 0.6 is 11.8 Å². The lowest BCUT2D eigenvalue weighted by Crippen LogP contribution is -2.54. The largest absolute Gasteiger partial charge is 0.497 e. The summed E-state index contributed by atoms with van der Waals surface area (Å²) in [6, 6.07) is 12.4. The minimum atomic E-state index is -0.928. The summed E-state index contributed by atoms with van der Waals surface area (Å²) in [5, 5.41) is 5.71. The van der Waals surface area contributed by atoms with Crippen molar-refractivity contribution in [3.8, 4) is 5.75 Å². The van der Waals surface area contributed by atoms with Crippen molar-refractivity contribution in [2.45, 2.75) is 71.7 Å². The van der Waals surface area contributed by atoms with E-state index in [0.717, 1.165) is 5.56 Å². The molecule has 2 aromatic rings. The van der Waals surface area contributed by atoms with Crippen LogP contribution in [0.4, 0.5) is 10.5 Å². The summed E-state index contributed by atoms with van der Waals surface area (Å²) in [4.78, 5) is 42.2. The van der Waals surface area contributed by atoms with Gasteiger partial charge in [-0.2, -0.15) is 11.8 Å². The Morgan fingerprint density at radius 2 is 1.66 bits per heavy atom. The number of aryl methyl sites for hydroxylation is 1. The number of nitrogens with zero attached hydrogens (tertiary/aromatic N) is 1. The molecule has 208 valence electrons. The molecule has 8 nitrogen and oxygen atoms in total. The van der Waals surface area contributed by atoms with Crippen LogP contribution in [0.5, 0.6) is 5.75 Å². The average molecular weight is 544 g/mol. The number of thioether (sulfide) groups is 1. The zero-order valence-electron chi connectivity index (χ0n) is 23.7. The van der Waals surface area contributed by atoms with E-state index in [1.165, 1.54) is 0 Å². The van der Waals surface area contributed by atoms with Crippen LogP contribution in [0.3, 0.4) is 0 Å². The van der Waals surface area contributed by atoms with Gasteiger partial charge in [0, 0.05) is 11.7 Å². The highest BCUT2D eigenvalue weighted by Crippen LogP contribution is 2.29. The molecular formula is C29H41N3O5S. The van der Waals surface area contributed by atoms with Gasteiger partial charge in [-0.05, 0) is 95.4 Å². The first-order valence-corrected chi connectivity index (χ1v) is 14.1. The molecule has 2 aromatic carbocycles. The number of benzene rings is 2. The molecule has 0 aliphatic rings. The fourth-order valence-corrected chi connectivity index (χ4v) is 4.47. The maximum Gasteiger partial charge on any atom is 0.408 e. The van der Waals surface area contributed by atoms with Crippen LogP contribution < -0.4 is 15.4 Å². The lowest BCUT2D eigenvalue weighted by molar-refractivity contribution is -0.143. The molecule has 0 saturated carbocycles. The molecule has 0 aliphatic carbocycles. The van der Waals surface area contributed by atoms with Crippen LogP contribution in [0.2, 0.25) is 0 Å². The van der Waals surface area contributed by atoms with Crippen LogP contribution in [-0.2, 0) is 14.3 Å². The number of methoxy groups -OCH3 is 1. The molecule has 2 N–H and O–H groups in total. The van der Waals surface area contributed by atoms with Gasteiger partial charge in [0.2, 0.25) is 5.91 Å². The first-order chi connectivity index (χ1) is 17.9. The summed E-state index contributed by atoms with van der Waals surface area (Å²) < 4.78 is 10.6. The summed E-state index contributed by atoms with van der Waals surface area (Å²) in [6.45, 7) is 10.9. The van der Waals surface area contributed by atoms with Crippen LogP contribution in [0, 0.1) is 6.92 Å². The molecule has 0 heterocycles. The summed E-state index contributed by atoms with van der Waals surface area (Å²) in [5.41, 5.74) is 1.45. The molecule has 2 rings (SSSR count). The van der Waals surface area contributed by atoms with Crippen LogP contribution in [0.1, 0.15) is 58.2 Å². The van der Waals surface area contributed by atoms with Crippen molar-refractivity contribution in [2.75, 3.05) is 24.4 Å². The van der Waals surface area contributed by atoms with Crippen molar-refractivity contribution >= 4 is 35.4 Å². The van der Waals surface area contributed by atoms with E-state index in [9.17, 15) is 14.4 Å². The number of carbonyl (C=O) groups is 3. The number of amides is 3. The van der Waals surface area contributed by atoms with E-state index < -0.39 is 23.8 Å². The Bertz CT molecular complexity index is 1080. The monoisotopic (exact) mass is 543 g/mol. The summed E-state index contributed by atoms with van der Waals surface area (Å²) in [7, 11) is 1.58. The highest BCUT2D eigenvalue weighted by Gasteiger charge is 2.38. The molecular weight excluding hydrogens is 502 g/mol. The van der Waals surface area contributed by atoms with Crippen molar-refractivity contribution in [1.82, 2.24) is 10.2 Å². The highest BCUT2D eigenvalue weighted by molar-refractivity contribution is 7.98. The Hall–Kier alpha value is -3.20.